The van der Waals surface area contributed by atoms with Crippen molar-refractivity contribution in [1.29, 1.82) is 0 Å². The molecule has 0 amide bonds. The van der Waals surface area contributed by atoms with Gasteiger partial charge in [-0.05, 0) is 19.8 Å². The van der Waals surface area contributed by atoms with E-state index in [1.54, 1.807) is 12.4 Å². The predicted octanol–water partition coefficient (Wildman–Crippen LogP) is 1.29. The van der Waals surface area contributed by atoms with Crippen LogP contribution in [-0.2, 0) is 4.74 Å². The van der Waals surface area contributed by atoms with Gasteiger partial charge in [-0.25, -0.2) is 9.97 Å². The molecule has 2 aromatic heterocycles. The number of ether oxygens (including phenoxy) is 1. The highest BCUT2D eigenvalue weighted by Crippen LogP contribution is 2.25. The average molecular weight is 247 g/mol. The van der Waals surface area contributed by atoms with E-state index in [2.05, 4.69) is 22.2 Å². The second kappa shape index (κ2) is 4.13. The largest absolute Gasteiger partial charge is 0.382 e. The second-order valence-corrected chi connectivity index (χ2v) is 5.01. The maximum absolute atomic E-state index is 5.80. The fourth-order valence-electron chi connectivity index (χ4n) is 2.35. The Morgan fingerprint density at radius 3 is 3.22 bits per heavy atom. The summed E-state index contributed by atoms with van der Waals surface area (Å²) in [6.07, 6.45) is 7.46. The van der Waals surface area contributed by atoms with E-state index in [-0.39, 0.29) is 5.54 Å². The molecule has 6 nitrogen and oxygen atoms in total. The van der Waals surface area contributed by atoms with Crippen LogP contribution in [0.15, 0.2) is 18.6 Å². The number of nitrogens with zero attached hydrogens (tertiary/aromatic N) is 3. The predicted molar refractivity (Wildman–Crippen MR) is 69.5 cm³/mol. The topological polar surface area (TPSA) is 77.5 Å². The first kappa shape index (κ1) is 11.3. The zero-order valence-corrected chi connectivity index (χ0v) is 10.4. The van der Waals surface area contributed by atoms with Crippen molar-refractivity contribution < 1.29 is 4.74 Å². The SMILES string of the molecule is CC1(Nc2nc(N)cn3ccnc23)CCCOC1. The quantitative estimate of drug-likeness (QED) is 0.836. The second-order valence-electron chi connectivity index (χ2n) is 5.01. The molecule has 6 heteroatoms. The highest BCUT2D eigenvalue weighted by atomic mass is 16.5. The van der Waals surface area contributed by atoms with Gasteiger partial charge in [0.05, 0.1) is 18.3 Å². The number of fused-ring (bicyclic) bond motifs is 1. The van der Waals surface area contributed by atoms with E-state index in [1.807, 2.05) is 10.6 Å². The molecule has 96 valence electrons. The van der Waals surface area contributed by atoms with Gasteiger partial charge >= 0.3 is 0 Å². The van der Waals surface area contributed by atoms with Crippen molar-refractivity contribution in [3.8, 4) is 0 Å². The highest BCUT2D eigenvalue weighted by molar-refractivity contribution is 5.65. The molecule has 18 heavy (non-hydrogen) atoms. The summed E-state index contributed by atoms with van der Waals surface area (Å²) in [5.74, 6) is 1.19. The molecule has 3 N–H and O–H groups in total. The highest BCUT2D eigenvalue weighted by Gasteiger charge is 2.28. The molecule has 0 saturated carbocycles. The average Bonchev–Trinajstić information content (AvgIpc) is 2.77. The molecule has 1 atom stereocenters. The lowest BCUT2D eigenvalue weighted by molar-refractivity contribution is 0.0539. The van der Waals surface area contributed by atoms with Gasteiger partial charge in [0.15, 0.2) is 11.5 Å². The van der Waals surface area contributed by atoms with Crippen molar-refractivity contribution in [2.75, 3.05) is 24.3 Å². The number of imidazole rings is 1. The van der Waals surface area contributed by atoms with Crippen molar-refractivity contribution in [3.05, 3.63) is 18.6 Å². The number of aromatic nitrogens is 3. The molecule has 0 aliphatic carbocycles. The molecule has 1 aliphatic rings. The van der Waals surface area contributed by atoms with Gasteiger partial charge < -0.3 is 20.2 Å². The van der Waals surface area contributed by atoms with Crippen LogP contribution in [0.5, 0.6) is 0 Å². The Bertz CT molecular complexity index is 559. The molecule has 0 aromatic carbocycles. The Morgan fingerprint density at radius 1 is 1.56 bits per heavy atom. The van der Waals surface area contributed by atoms with E-state index in [4.69, 9.17) is 10.5 Å². The zero-order chi connectivity index (χ0) is 12.6. The molecule has 0 spiro atoms. The summed E-state index contributed by atoms with van der Waals surface area (Å²) in [6, 6.07) is 0. The van der Waals surface area contributed by atoms with E-state index in [0.717, 1.165) is 25.1 Å². The maximum atomic E-state index is 5.80. The first-order chi connectivity index (χ1) is 8.66. The summed E-state index contributed by atoms with van der Waals surface area (Å²) in [6.45, 7) is 3.65. The lowest BCUT2D eigenvalue weighted by Gasteiger charge is -2.34. The summed E-state index contributed by atoms with van der Waals surface area (Å²) in [5, 5.41) is 3.43. The lowest BCUT2D eigenvalue weighted by Crippen LogP contribution is -2.43. The Balaban J connectivity index is 1.96. The summed E-state index contributed by atoms with van der Waals surface area (Å²) in [5.41, 5.74) is 6.48. The Labute approximate surface area is 105 Å². The van der Waals surface area contributed by atoms with Gasteiger partial charge in [0.2, 0.25) is 0 Å². The Morgan fingerprint density at radius 2 is 2.44 bits per heavy atom. The minimum absolute atomic E-state index is 0.106. The van der Waals surface area contributed by atoms with Crippen molar-refractivity contribution in [1.82, 2.24) is 14.4 Å². The van der Waals surface area contributed by atoms with Gasteiger partial charge in [0.1, 0.15) is 5.82 Å². The number of rotatable bonds is 2. The molecule has 1 unspecified atom stereocenters. The molecule has 3 rings (SSSR count). The number of nitrogen functional groups attached to an aromatic ring is 1. The van der Waals surface area contributed by atoms with Crippen LogP contribution < -0.4 is 11.1 Å². The summed E-state index contributed by atoms with van der Waals surface area (Å²) >= 11 is 0. The first-order valence-electron chi connectivity index (χ1n) is 6.11. The van der Waals surface area contributed by atoms with Crippen LogP contribution >= 0.6 is 0 Å². The third-order valence-corrected chi connectivity index (χ3v) is 3.25. The van der Waals surface area contributed by atoms with Crippen LogP contribution in [0.4, 0.5) is 11.6 Å². The van der Waals surface area contributed by atoms with E-state index in [9.17, 15) is 0 Å². The fraction of sp³-hybridized carbons (Fsp3) is 0.500. The number of hydrogen-bond donors (Lipinski definition) is 2. The van der Waals surface area contributed by atoms with Crippen LogP contribution in [-0.4, -0.2) is 33.1 Å². The van der Waals surface area contributed by atoms with E-state index in [1.165, 1.54) is 0 Å². The zero-order valence-electron chi connectivity index (χ0n) is 10.4. The van der Waals surface area contributed by atoms with Crippen LogP contribution in [0.2, 0.25) is 0 Å². The van der Waals surface area contributed by atoms with E-state index < -0.39 is 0 Å². The van der Waals surface area contributed by atoms with E-state index >= 15 is 0 Å². The summed E-state index contributed by atoms with van der Waals surface area (Å²) in [4.78, 5) is 8.64. The molecule has 2 aromatic rings. The third-order valence-electron chi connectivity index (χ3n) is 3.25. The fourth-order valence-corrected chi connectivity index (χ4v) is 2.35. The van der Waals surface area contributed by atoms with Crippen LogP contribution in [0.1, 0.15) is 19.8 Å². The number of nitrogens with two attached hydrogens (primary N) is 1. The maximum Gasteiger partial charge on any atom is 0.180 e. The molecule has 3 heterocycles. The van der Waals surface area contributed by atoms with Gasteiger partial charge in [0.25, 0.3) is 0 Å². The van der Waals surface area contributed by atoms with Gasteiger partial charge in [-0.3, -0.25) is 0 Å². The normalized spacial score (nSPS) is 24.3. The Kier molecular flexibility index (Phi) is 2.59. The van der Waals surface area contributed by atoms with Crippen molar-refractivity contribution in [2.24, 2.45) is 0 Å². The first-order valence-corrected chi connectivity index (χ1v) is 6.11. The molecule has 1 fully saturated rings. The van der Waals surface area contributed by atoms with Gasteiger partial charge in [0, 0.05) is 19.0 Å². The lowest BCUT2D eigenvalue weighted by atomic mass is 9.95. The smallest absolute Gasteiger partial charge is 0.180 e. The van der Waals surface area contributed by atoms with Crippen molar-refractivity contribution in [2.45, 2.75) is 25.3 Å². The van der Waals surface area contributed by atoms with Crippen molar-refractivity contribution in [3.63, 3.8) is 0 Å². The summed E-state index contributed by atoms with van der Waals surface area (Å²) in [7, 11) is 0. The Hall–Kier alpha value is -1.82. The minimum Gasteiger partial charge on any atom is -0.382 e. The molecular formula is C12H17N5O. The van der Waals surface area contributed by atoms with Crippen LogP contribution in [0, 0.1) is 0 Å². The van der Waals surface area contributed by atoms with E-state index in [0.29, 0.717) is 18.2 Å². The van der Waals surface area contributed by atoms with Gasteiger partial charge in [-0.15, -0.1) is 0 Å². The molecule has 0 radical (unpaired) electrons. The van der Waals surface area contributed by atoms with Crippen molar-refractivity contribution >= 4 is 17.3 Å². The molecule has 1 aliphatic heterocycles. The molecule has 1 saturated heterocycles. The third kappa shape index (κ3) is 1.99. The summed E-state index contributed by atoms with van der Waals surface area (Å²) < 4.78 is 7.41. The number of anilines is 2. The van der Waals surface area contributed by atoms with Crippen LogP contribution in [0.25, 0.3) is 5.65 Å². The number of nitrogens with one attached hydrogen (secondary N) is 1. The van der Waals surface area contributed by atoms with Gasteiger partial charge in [-0.1, -0.05) is 0 Å². The standard InChI is InChI=1S/C12H17N5O/c1-12(3-2-6-18-8-12)16-10-11-14-4-5-17(11)7-9(13)15-10/h4-5,7H,2-3,6,8,13H2,1H3,(H,15,16). The molecule has 0 bridgehead atoms. The molecular weight excluding hydrogens is 230 g/mol. The number of hydrogen-bond acceptors (Lipinski definition) is 5. The van der Waals surface area contributed by atoms with Crippen LogP contribution in [0.3, 0.4) is 0 Å². The van der Waals surface area contributed by atoms with Gasteiger partial charge in [-0.2, -0.15) is 0 Å². The monoisotopic (exact) mass is 247 g/mol. The minimum atomic E-state index is -0.106.